The molecule has 2 heterocycles. The summed E-state index contributed by atoms with van der Waals surface area (Å²) < 4.78 is 0. The Morgan fingerprint density at radius 1 is 1.58 bits per heavy atom. The normalized spacial score (nSPS) is 20.6. The summed E-state index contributed by atoms with van der Waals surface area (Å²) in [7, 11) is 0. The second kappa shape index (κ2) is 6.06. The number of likely N-dealkylation sites (tertiary alicyclic amines) is 1. The molecule has 1 amide bonds. The van der Waals surface area contributed by atoms with Crippen LogP contribution in [0.25, 0.3) is 0 Å². The number of aryl methyl sites for hydroxylation is 1. The van der Waals surface area contributed by atoms with Gasteiger partial charge in [0, 0.05) is 11.4 Å². The van der Waals surface area contributed by atoms with Gasteiger partial charge >= 0.3 is 0 Å². The summed E-state index contributed by atoms with van der Waals surface area (Å²) in [5.41, 5.74) is 5.69. The first kappa shape index (κ1) is 13.9. The fourth-order valence-corrected chi connectivity index (χ4v) is 3.28. The number of nitrogens with two attached hydrogens (primary N) is 1. The van der Waals surface area contributed by atoms with Crippen molar-refractivity contribution in [3.05, 3.63) is 21.9 Å². The molecule has 1 aromatic rings. The molecule has 3 N–H and O–H groups in total. The molecular weight excluding hydrogens is 262 g/mol. The van der Waals surface area contributed by atoms with E-state index in [-0.39, 0.29) is 17.8 Å². The molecule has 104 valence electrons. The predicted octanol–water partition coefficient (Wildman–Crippen LogP) is 2.05. The summed E-state index contributed by atoms with van der Waals surface area (Å²) in [5.74, 6) is 0.112. The first-order valence-corrected chi connectivity index (χ1v) is 7.36. The van der Waals surface area contributed by atoms with E-state index in [9.17, 15) is 4.79 Å². The van der Waals surface area contributed by atoms with E-state index < -0.39 is 0 Å². The van der Waals surface area contributed by atoms with Crippen LogP contribution in [0.3, 0.4) is 0 Å². The summed E-state index contributed by atoms with van der Waals surface area (Å²) in [5, 5.41) is 11.9. The molecule has 1 aliphatic heterocycles. The van der Waals surface area contributed by atoms with Crippen LogP contribution in [0.1, 0.15) is 40.7 Å². The van der Waals surface area contributed by atoms with E-state index in [4.69, 9.17) is 10.9 Å². The lowest BCUT2D eigenvalue weighted by Crippen LogP contribution is -2.50. The molecule has 0 bridgehead atoms. The van der Waals surface area contributed by atoms with Crippen LogP contribution in [-0.2, 0) is 6.42 Å². The zero-order chi connectivity index (χ0) is 13.8. The number of carbonyl (C=O) groups excluding carboxylic acids is 1. The van der Waals surface area contributed by atoms with Crippen LogP contribution in [0, 0.1) is 0 Å². The average molecular weight is 281 g/mol. The number of piperidine rings is 1. The SMILES string of the molecule is CCc1ccc(C(=O)N2CCCCC2C(N)=NO)s1. The fraction of sp³-hybridized carbons (Fsp3) is 0.538. The Bertz CT molecular complexity index is 484. The van der Waals surface area contributed by atoms with Gasteiger partial charge < -0.3 is 15.8 Å². The lowest BCUT2D eigenvalue weighted by atomic mass is 10.0. The van der Waals surface area contributed by atoms with E-state index in [1.165, 1.54) is 16.2 Å². The van der Waals surface area contributed by atoms with Gasteiger partial charge in [0.1, 0.15) is 0 Å². The van der Waals surface area contributed by atoms with Crippen molar-refractivity contribution in [1.82, 2.24) is 4.90 Å². The van der Waals surface area contributed by atoms with Crippen molar-refractivity contribution in [2.24, 2.45) is 10.9 Å². The highest BCUT2D eigenvalue weighted by atomic mass is 32.1. The Kier molecular flexibility index (Phi) is 4.42. The maximum absolute atomic E-state index is 12.5. The van der Waals surface area contributed by atoms with Gasteiger partial charge in [0.25, 0.3) is 5.91 Å². The lowest BCUT2D eigenvalue weighted by molar-refractivity contribution is 0.0681. The highest BCUT2D eigenvalue weighted by molar-refractivity contribution is 7.14. The van der Waals surface area contributed by atoms with Gasteiger partial charge in [0.2, 0.25) is 0 Å². The number of hydrogen-bond donors (Lipinski definition) is 2. The largest absolute Gasteiger partial charge is 0.409 e. The standard InChI is InChI=1S/C13H19N3O2S/c1-2-9-6-7-11(19-9)13(17)16-8-4-3-5-10(16)12(14)15-18/h6-7,10,18H,2-5,8H2,1H3,(H2,14,15). The number of carbonyl (C=O) groups is 1. The molecule has 2 rings (SSSR count). The van der Waals surface area contributed by atoms with E-state index in [1.807, 2.05) is 12.1 Å². The Morgan fingerprint density at radius 3 is 3.00 bits per heavy atom. The molecular formula is C13H19N3O2S. The summed E-state index contributed by atoms with van der Waals surface area (Å²) >= 11 is 1.52. The van der Waals surface area contributed by atoms with Gasteiger partial charge in [-0.25, -0.2) is 0 Å². The quantitative estimate of drug-likeness (QED) is 0.385. The van der Waals surface area contributed by atoms with Crippen LogP contribution in [0.5, 0.6) is 0 Å². The van der Waals surface area contributed by atoms with Crippen molar-refractivity contribution in [2.75, 3.05) is 6.54 Å². The van der Waals surface area contributed by atoms with E-state index in [2.05, 4.69) is 12.1 Å². The molecule has 1 aromatic heterocycles. The summed E-state index contributed by atoms with van der Waals surface area (Å²) in [6.07, 6.45) is 3.65. The minimum absolute atomic E-state index is 0.0130. The number of amidine groups is 1. The number of hydrogen-bond acceptors (Lipinski definition) is 4. The Morgan fingerprint density at radius 2 is 2.37 bits per heavy atom. The van der Waals surface area contributed by atoms with Crippen LogP contribution >= 0.6 is 11.3 Å². The van der Waals surface area contributed by atoms with Crippen LogP contribution in [0.4, 0.5) is 0 Å². The highest BCUT2D eigenvalue weighted by Crippen LogP contribution is 2.24. The van der Waals surface area contributed by atoms with Gasteiger partial charge in [-0.15, -0.1) is 11.3 Å². The molecule has 1 unspecified atom stereocenters. The molecule has 1 atom stereocenters. The van der Waals surface area contributed by atoms with Crippen molar-refractivity contribution in [3.63, 3.8) is 0 Å². The smallest absolute Gasteiger partial charge is 0.264 e. The highest BCUT2D eigenvalue weighted by Gasteiger charge is 2.31. The zero-order valence-corrected chi connectivity index (χ0v) is 11.8. The molecule has 1 fully saturated rings. The first-order chi connectivity index (χ1) is 9.17. The van der Waals surface area contributed by atoms with E-state index >= 15 is 0 Å². The topological polar surface area (TPSA) is 78.9 Å². The lowest BCUT2D eigenvalue weighted by Gasteiger charge is -2.34. The van der Waals surface area contributed by atoms with Gasteiger partial charge in [-0.05, 0) is 37.8 Å². The van der Waals surface area contributed by atoms with Gasteiger partial charge in [0.05, 0.1) is 10.9 Å². The number of oxime groups is 1. The van der Waals surface area contributed by atoms with Gasteiger partial charge in [0.15, 0.2) is 5.84 Å². The van der Waals surface area contributed by atoms with Crippen molar-refractivity contribution < 1.29 is 10.0 Å². The zero-order valence-electron chi connectivity index (χ0n) is 11.0. The van der Waals surface area contributed by atoms with Crippen LogP contribution in [0.15, 0.2) is 17.3 Å². The molecule has 1 saturated heterocycles. The molecule has 0 saturated carbocycles. The molecule has 6 heteroatoms. The monoisotopic (exact) mass is 281 g/mol. The number of rotatable bonds is 3. The summed E-state index contributed by atoms with van der Waals surface area (Å²) in [6.45, 7) is 2.74. The Labute approximate surface area is 116 Å². The maximum Gasteiger partial charge on any atom is 0.264 e. The molecule has 0 spiro atoms. The molecule has 0 aromatic carbocycles. The second-order valence-electron chi connectivity index (χ2n) is 4.65. The van der Waals surface area contributed by atoms with Gasteiger partial charge in [-0.2, -0.15) is 0 Å². The predicted molar refractivity (Wildman–Crippen MR) is 75.8 cm³/mol. The van der Waals surface area contributed by atoms with Gasteiger partial charge in [-0.1, -0.05) is 12.1 Å². The van der Waals surface area contributed by atoms with Crippen LogP contribution in [0.2, 0.25) is 0 Å². The van der Waals surface area contributed by atoms with Crippen molar-refractivity contribution >= 4 is 23.1 Å². The summed E-state index contributed by atoms with van der Waals surface area (Å²) in [6, 6.07) is 3.57. The molecule has 5 nitrogen and oxygen atoms in total. The second-order valence-corrected chi connectivity index (χ2v) is 5.82. The number of amides is 1. The van der Waals surface area contributed by atoms with E-state index in [1.54, 1.807) is 4.90 Å². The minimum Gasteiger partial charge on any atom is -0.409 e. The Balaban J connectivity index is 2.19. The third-order valence-electron chi connectivity index (χ3n) is 3.44. The molecule has 0 radical (unpaired) electrons. The van der Waals surface area contributed by atoms with E-state index in [0.29, 0.717) is 6.54 Å². The molecule has 1 aliphatic rings. The number of thiophene rings is 1. The van der Waals surface area contributed by atoms with Crippen molar-refractivity contribution in [2.45, 2.75) is 38.6 Å². The van der Waals surface area contributed by atoms with E-state index in [0.717, 1.165) is 30.6 Å². The maximum atomic E-state index is 12.5. The van der Waals surface area contributed by atoms with Crippen molar-refractivity contribution in [1.29, 1.82) is 0 Å². The average Bonchev–Trinajstić information content (AvgIpc) is 2.94. The molecule has 0 aliphatic carbocycles. The van der Waals surface area contributed by atoms with Crippen molar-refractivity contribution in [3.8, 4) is 0 Å². The fourth-order valence-electron chi connectivity index (χ4n) is 2.37. The third-order valence-corrected chi connectivity index (χ3v) is 4.66. The summed E-state index contributed by atoms with van der Waals surface area (Å²) in [4.78, 5) is 16.2. The van der Waals surface area contributed by atoms with Gasteiger partial charge in [-0.3, -0.25) is 4.79 Å². The molecule has 19 heavy (non-hydrogen) atoms. The van der Waals surface area contributed by atoms with Crippen LogP contribution < -0.4 is 5.73 Å². The minimum atomic E-state index is -0.279. The first-order valence-electron chi connectivity index (χ1n) is 6.54. The Hall–Kier alpha value is -1.56. The third kappa shape index (κ3) is 2.89. The van der Waals surface area contributed by atoms with Crippen LogP contribution in [-0.4, -0.2) is 34.4 Å². The number of nitrogens with zero attached hydrogens (tertiary/aromatic N) is 2.